The van der Waals surface area contributed by atoms with Gasteiger partial charge in [-0.3, -0.25) is 19.2 Å². The molecule has 0 bridgehead atoms. The van der Waals surface area contributed by atoms with Gasteiger partial charge in [-0.15, -0.1) is 0 Å². The van der Waals surface area contributed by atoms with Gasteiger partial charge in [0.1, 0.15) is 17.7 Å². The molecule has 0 aromatic carbocycles. The zero-order valence-corrected chi connectivity index (χ0v) is 28.8. The van der Waals surface area contributed by atoms with Crippen molar-refractivity contribution in [2.75, 3.05) is 53.9 Å². The molecule has 2 atom stereocenters. The Kier molecular flexibility index (Phi) is 34.2. The van der Waals surface area contributed by atoms with E-state index in [-0.39, 0.29) is 24.1 Å². The summed E-state index contributed by atoms with van der Waals surface area (Å²) in [6, 6.07) is 0. The van der Waals surface area contributed by atoms with Gasteiger partial charge in [0.15, 0.2) is 0 Å². The number of ether oxygens (including phenoxy) is 6. The van der Waals surface area contributed by atoms with Crippen LogP contribution in [0.15, 0.2) is 0 Å². The Labute approximate surface area is 267 Å². The standard InChI is InChI=1S/C7H14O3.C7H12O.C6H12O3.C5H10O.C5H8O.C4H8O/c1-6(9-3)4-5-10-7(2)8;8-7-5-3-1-2-4-6-7;1-5(4-8-3)9-6(2)7;1-2-4-6-5-3-1;6-5-3-1-2-4-5;1-2-4-5-3-1/h6H,4-5H2,1-3H3;1-6H2;5H,4H2,1-3H3;1-5H2;1-4H2;1-4H2. The zero-order valence-electron chi connectivity index (χ0n) is 28.8. The molecule has 0 aromatic rings. The highest BCUT2D eigenvalue weighted by molar-refractivity contribution is 5.80. The van der Waals surface area contributed by atoms with Crippen LogP contribution in [-0.4, -0.2) is 89.6 Å². The number of esters is 2. The monoisotopic (exact) mass is 632 g/mol. The van der Waals surface area contributed by atoms with Gasteiger partial charge >= 0.3 is 11.9 Å². The lowest BCUT2D eigenvalue weighted by Crippen LogP contribution is -2.17. The number of ketones is 2. The minimum Gasteiger partial charge on any atom is -0.466 e. The molecule has 260 valence electrons. The molecule has 0 spiro atoms. The highest BCUT2D eigenvalue weighted by atomic mass is 16.6. The predicted molar refractivity (Wildman–Crippen MR) is 172 cm³/mol. The van der Waals surface area contributed by atoms with Crippen molar-refractivity contribution in [3.63, 3.8) is 0 Å². The third-order valence-corrected chi connectivity index (χ3v) is 6.73. The summed E-state index contributed by atoms with van der Waals surface area (Å²) < 4.78 is 29.1. The molecule has 4 aliphatic rings. The fourth-order valence-corrected chi connectivity index (χ4v) is 4.13. The summed E-state index contributed by atoms with van der Waals surface area (Å²) in [4.78, 5) is 41.4. The summed E-state index contributed by atoms with van der Waals surface area (Å²) in [6.07, 6.45) is 17.8. The lowest BCUT2D eigenvalue weighted by atomic mass is 10.2. The van der Waals surface area contributed by atoms with E-state index in [0.29, 0.717) is 24.8 Å². The van der Waals surface area contributed by atoms with Crippen molar-refractivity contribution < 1.29 is 47.6 Å². The molecular formula is C34H64O10. The van der Waals surface area contributed by atoms with E-state index in [1.54, 1.807) is 21.1 Å². The Bertz CT molecular complexity index is 652. The van der Waals surface area contributed by atoms with E-state index in [9.17, 15) is 19.2 Å². The number of carbonyl (C=O) groups excluding carboxylic acids is 4. The van der Waals surface area contributed by atoms with E-state index in [4.69, 9.17) is 28.4 Å². The van der Waals surface area contributed by atoms with Gasteiger partial charge in [-0.25, -0.2) is 0 Å². The quantitative estimate of drug-likeness (QED) is 0.224. The Morgan fingerprint density at radius 3 is 1.36 bits per heavy atom. The highest BCUT2D eigenvalue weighted by Gasteiger charge is 2.07. The molecule has 0 aromatic heterocycles. The summed E-state index contributed by atoms with van der Waals surface area (Å²) in [6.45, 7) is 11.4. The van der Waals surface area contributed by atoms with Crippen molar-refractivity contribution in [2.45, 2.75) is 143 Å². The minimum absolute atomic E-state index is 0.132. The van der Waals surface area contributed by atoms with Crippen molar-refractivity contribution >= 4 is 23.5 Å². The van der Waals surface area contributed by atoms with Gasteiger partial charge in [0, 0.05) is 86.6 Å². The Morgan fingerprint density at radius 2 is 1.05 bits per heavy atom. The number of rotatable bonds is 7. The van der Waals surface area contributed by atoms with Crippen LogP contribution in [-0.2, 0) is 47.6 Å². The molecule has 2 heterocycles. The fraction of sp³-hybridized carbons (Fsp3) is 0.882. The van der Waals surface area contributed by atoms with Gasteiger partial charge in [0.25, 0.3) is 0 Å². The first-order valence-corrected chi connectivity index (χ1v) is 16.6. The van der Waals surface area contributed by atoms with Crippen LogP contribution in [0.3, 0.4) is 0 Å². The van der Waals surface area contributed by atoms with Crippen LogP contribution in [0.5, 0.6) is 0 Å². The molecular weight excluding hydrogens is 568 g/mol. The third kappa shape index (κ3) is 38.1. The molecule has 2 saturated heterocycles. The maximum absolute atomic E-state index is 10.7. The number of hydrogen-bond acceptors (Lipinski definition) is 10. The lowest BCUT2D eigenvalue weighted by Gasteiger charge is -2.08. The van der Waals surface area contributed by atoms with Crippen LogP contribution in [0.2, 0.25) is 0 Å². The van der Waals surface area contributed by atoms with Crippen molar-refractivity contribution in [1.82, 2.24) is 0 Å². The minimum atomic E-state index is -0.264. The van der Waals surface area contributed by atoms with Crippen LogP contribution >= 0.6 is 0 Å². The second-order valence-electron chi connectivity index (χ2n) is 11.2. The van der Waals surface area contributed by atoms with Crippen LogP contribution in [0.4, 0.5) is 0 Å². The first-order chi connectivity index (χ1) is 21.1. The molecule has 2 aliphatic carbocycles. The van der Waals surface area contributed by atoms with E-state index in [1.165, 1.54) is 58.8 Å². The normalized spacial score (nSPS) is 18.7. The summed E-state index contributed by atoms with van der Waals surface area (Å²) in [7, 11) is 3.21. The van der Waals surface area contributed by atoms with Crippen LogP contribution in [0.1, 0.15) is 130 Å². The summed E-state index contributed by atoms with van der Waals surface area (Å²) in [5.74, 6) is 0.431. The molecule has 0 radical (unpaired) electrons. The smallest absolute Gasteiger partial charge is 0.302 e. The largest absolute Gasteiger partial charge is 0.466 e. The first-order valence-electron chi connectivity index (χ1n) is 16.6. The van der Waals surface area contributed by atoms with Crippen molar-refractivity contribution in [3.05, 3.63) is 0 Å². The number of methoxy groups -OCH3 is 2. The van der Waals surface area contributed by atoms with E-state index in [1.807, 2.05) is 6.92 Å². The molecule has 2 aliphatic heterocycles. The van der Waals surface area contributed by atoms with Gasteiger partial charge in [-0.05, 0) is 71.6 Å². The lowest BCUT2D eigenvalue weighted by molar-refractivity contribution is -0.147. The van der Waals surface area contributed by atoms with Crippen LogP contribution in [0.25, 0.3) is 0 Å². The fourth-order valence-electron chi connectivity index (χ4n) is 4.13. The van der Waals surface area contributed by atoms with Gasteiger partial charge < -0.3 is 28.4 Å². The second-order valence-corrected chi connectivity index (χ2v) is 11.2. The number of hydrogen-bond donors (Lipinski definition) is 0. The summed E-state index contributed by atoms with van der Waals surface area (Å²) >= 11 is 0. The molecule has 10 nitrogen and oxygen atoms in total. The molecule has 0 amide bonds. The van der Waals surface area contributed by atoms with Crippen LogP contribution < -0.4 is 0 Å². The third-order valence-electron chi connectivity index (χ3n) is 6.73. The number of carbonyl (C=O) groups is 4. The maximum Gasteiger partial charge on any atom is 0.302 e. The first kappa shape index (κ1) is 44.2. The Morgan fingerprint density at radius 1 is 0.636 bits per heavy atom. The average Bonchev–Trinajstić information content (AvgIpc) is 3.70. The Balaban J connectivity index is 0. The van der Waals surface area contributed by atoms with Crippen molar-refractivity contribution in [2.24, 2.45) is 0 Å². The SMILES string of the molecule is C1CCOC1.C1CCOCC1.COC(C)CCOC(C)=O.COCC(C)OC(C)=O.O=C1CCCC1.O=C1CCCCCC1. The molecule has 2 unspecified atom stereocenters. The summed E-state index contributed by atoms with van der Waals surface area (Å²) in [5.41, 5.74) is 0. The van der Waals surface area contributed by atoms with Crippen LogP contribution in [0, 0.1) is 0 Å². The second kappa shape index (κ2) is 34.0. The number of Topliss-reactive ketones (excluding diaryl/α,β-unsaturated/α-hetero) is 2. The Hall–Kier alpha value is -1.88. The molecule has 2 saturated carbocycles. The average molecular weight is 633 g/mol. The van der Waals surface area contributed by atoms with E-state index in [0.717, 1.165) is 84.2 Å². The molecule has 10 heteroatoms. The van der Waals surface area contributed by atoms with E-state index in [2.05, 4.69) is 0 Å². The van der Waals surface area contributed by atoms with Gasteiger partial charge in [-0.1, -0.05) is 12.8 Å². The zero-order chi connectivity index (χ0) is 33.3. The highest BCUT2D eigenvalue weighted by Crippen LogP contribution is 2.13. The van der Waals surface area contributed by atoms with Crippen molar-refractivity contribution in [3.8, 4) is 0 Å². The van der Waals surface area contributed by atoms with Gasteiger partial charge in [0.2, 0.25) is 0 Å². The molecule has 0 N–H and O–H groups in total. The topological polar surface area (TPSA) is 124 Å². The molecule has 44 heavy (non-hydrogen) atoms. The molecule has 4 fully saturated rings. The maximum atomic E-state index is 10.7. The van der Waals surface area contributed by atoms with Gasteiger partial charge in [-0.2, -0.15) is 0 Å². The van der Waals surface area contributed by atoms with E-state index < -0.39 is 0 Å². The van der Waals surface area contributed by atoms with Crippen molar-refractivity contribution in [1.29, 1.82) is 0 Å². The van der Waals surface area contributed by atoms with E-state index >= 15 is 0 Å². The predicted octanol–water partition coefficient (Wildman–Crippen LogP) is 6.58. The summed E-state index contributed by atoms with van der Waals surface area (Å²) in [5, 5.41) is 0. The molecule has 4 rings (SSSR count). The van der Waals surface area contributed by atoms with Gasteiger partial charge in [0.05, 0.1) is 19.3 Å².